The third-order valence-electron chi connectivity index (χ3n) is 6.96. The molecule has 0 aromatic rings. The van der Waals surface area contributed by atoms with Gasteiger partial charge < -0.3 is 24.7 Å². The minimum atomic E-state index is -1.15. The largest absolute Gasteiger partial charge is 0.481 e. The Kier molecular flexibility index (Phi) is 7.48. The van der Waals surface area contributed by atoms with E-state index < -0.39 is 35.6 Å². The molecule has 0 aliphatic carbocycles. The van der Waals surface area contributed by atoms with Crippen LogP contribution < -0.4 is 0 Å². The van der Waals surface area contributed by atoms with Crippen molar-refractivity contribution >= 4 is 33.7 Å². The maximum Gasteiger partial charge on any atom is 0.310 e. The highest BCUT2D eigenvalue weighted by Crippen LogP contribution is 2.60. The molecule has 31 heavy (non-hydrogen) atoms. The molecule has 3 aliphatic rings. The summed E-state index contributed by atoms with van der Waals surface area (Å²) < 4.78 is 6.27. The van der Waals surface area contributed by atoms with Gasteiger partial charge in [-0.05, 0) is 32.6 Å². The number of nitrogens with zero attached hydrogens (tertiary/aromatic N) is 2. The van der Waals surface area contributed by atoms with Gasteiger partial charge in [0.1, 0.15) is 11.6 Å². The molecule has 0 radical (unpaired) electrons. The highest BCUT2D eigenvalue weighted by atomic mass is 79.9. The van der Waals surface area contributed by atoms with E-state index in [2.05, 4.69) is 29.4 Å². The Labute approximate surface area is 191 Å². The predicted molar refractivity (Wildman–Crippen MR) is 118 cm³/mol. The van der Waals surface area contributed by atoms with Gasteiger partial charge in [-0.3, -0.25) is 14.4 Å². The van der Waals surface area contributed by atoms with E-state index in [1.54, 1.807) is 11.0 Å². The number of amides is 2. The van der Waals surface area contributed by atoms with Crippen LogP contribution in [0, 0.1) is 11.8 Å². The molecule has 2 bridgehead atoms. The van der Waals surface area contributed by atoms with Gasteiger partial charge in [-0.2, -0.15) is 0 Å². The van der Waals surface area contributed by atoms with Gasteiger partial charge in [-0.1, -0.05) is 35.4 Å². The zero-order chi connectivity index (χ0) is 22.9. The molecule has 2 unspecified atom stereocenters. The Morgan fingerprint density at radius 3 is 2.74 bits per heavy atom. The lowest BCUT2D eigenvalue weighted by Gasteiger charge is -2.39. The van der Waals surface area contributed by atoms with Gasteiger partial charge in [-0.25, -0.2) is 0 Å². The van der Waals surface area contributed by atoms with Crippen molar-refractivity contribution < 1.29 is 29.3 Å². The SMILES string of the molecule is C=CCN(C(=O)[C@@H]1N(CCCCO)C(=O)[C@H]2[C@H](C(=O)O)[C@H]3O[C@@]12CC3Br)C(C)CCC. The molecule has 3 saturated heterocycles. The summed E-state index contributed by atoms with van der Waals surface area (Å²) in [6, 6.07) is -0.925. The van der Waals surface area contributed by atoms with Gasteiger partial charge in [0.2, 0.25) is 11.8 Å². The summed E-state index contributed by atoms with van der Waals surface area (Å²) in [6.45, 7) is 8.44. The van der Waals surface area contributed by atoms with E-state index in [0.717, 1.165) is 12.8 Å². The Morgan fingerprint density at radius 2 is 2.16 bits per heavy atom. The first-order valence-corrected chi connectivity index (χ1v) is 12.0. The Balaban J connectivity index is 2.03. The Bertz CT molecular complexity index is 733. The van der Waals surface area contributed by atoms with Crippen LogP contribution in [-0.4, -0.2) is 86.1 Å². The lowest BCUT2D eigenvalue weighted by Crippen LogP contribution is -2.58. The van der Waals surface area contributed by atoms with Crippen LogP contribution in [0.2, 0.25) is 0 Å². The molecular weight excluding hydrogens is 468 g/mol. The molecule has 3 fully saturated rings. The zero-order valence-corrected chi connectivity index (χ0v) is 19.8. The highest BCUT2D eigenvalue weighted by molar-refractivity contribution is 9.09. The fourth-order valence-corrected chi connectivity index (χ4v) is 6.63. The third-order valence-corrected chi connectivity index (χ3v) is 7.81. The Hall–Kier alpha value is -1.45. The standard InChI is InChI=1S/C22H33BrN2O6/c1-4-8-13(3)24(9-5-2)20(28)18-22-12-14(23)17(31-22)15(21(29)30)16(22)19(27)25(18)10-6-7-11-26/h5,13-18,26H,2,4,6-12H2,1,3H3,(H,29,30)/t13?,14?,15-,16+,17-,18-,22+/m0/s1. The monoisotopic (exact) mass is 500 g/mol. The van der Waals surface area contributed by atoms with Gasteiger partial charge in [0.05, 0.1) is 17.9 Å². The van der Waals surface area contributed by atoms with Crippen molar-refractivity contribution in [3.05, 3.63) is 12.7 Å². The number of rotatable bonds is 11. The van der Waals surface area contributed by atoms with E-state index in [0.29, 0.717) is 25.8 Å². The van der Waals surface area contributed by atoms with Gasteiger partial charge in [0.25, 0.3) is 0 Å². The quantitative estimate of drug-likeness (QED) is 0.254. The number of likely N-dealkylation sites (tertiary alicyclic amines) is 1. The first-order valence-electron chi connectivity index (χ1n) is 11.1. The lowest BCUT2D eigenvalue weighted by molar-refractivity contribution is -0.151. The second-order valence-electron chi connectivity index (χ2n) is 8.88. The van der Waals surface area contributed by atoms with E-state index in [1.807, 2.05) is 6.92 Å². The van der Waals surface area contributed by atoms with Gasteiger partial charge in [-0.15, -0.1) is 6.58 Å². The highest BCUT2D eigenvalue weighted by Gasteiger charge is 2.76. The van der Waals surface area contributed by atoms with Crippen molar-refractivity contribution in [2.45, 2.75) is 74.6 Å². The maximum atomic E-state index is 13.9. The number of fused-ring (bicyclic) bond motifs is 1. The summed E-state index contributed by atoms with van der Waals surface area (Å²) in [6.07, 6.45) is 4.19. The van der Waals surface area contributed by atoms with Crippen molar-refractivity contribution in [3.63, 3.8) is 0 Å². The second kappa shape index (κ2) is 9.58. The number of ether oxygens (including phenoxy) is 1. The van der Waals surface area contributed by atoms with Crippen molar-refractivity contribution in [2.75, 3.05) is 19.7 Å². The van der Waals surface area contributed by atoms with Gasteiger partial charge in [0, 0.05) is 30.6 Å². The average molecular weight is 501 g/mol. The van der Waals surface area contributed by atoms with Crippen LogP contribution in [0.3, 0.4) is 0 Å². The summed E-state index contributed by atoms with van der Waals surface area (Å²) in [5.41, 5.74) is -1.15. The number of carbonyl (C=O) groups is 3. The van der Waals surface area contributed by atoms with Crippen LogP contribution in [0.4, 0.5) is 0 Å². The molecule has 8 nitrogen and oxygen atoms in total. The molecule has 9 heteroatoms. The molecule has 3 aliphatic heterocycles. The number of aliphatic hydroxyl groups excluding tert-OH is 1. The molecule has 1 spiro atoms. The number of carboxylic acid groups (broad SMARTS) is 1. The minimum Gasteiger partial charge on any atom is -0.481 e. The number of alkyl halides is 1. The van der Waals surface area contributed by atoms with Crippen LogP contribution >= 0.6 is 15.9 Å². The molecule has 2 amide bonds. The molecule has 174 valence electrons. The molecule has 3 heterocycles. The van der Waals surface area contributed by atoms with E-state index in [9.17, 15) is 24.6 Å². The summed E-state index contributed by atoms with van der Waals surface area (Å²) in [5, 5.41) is 19.1. The first kappa shape index (κ1) is 24.2. The van der Waals surface area contributed by atoms with Crippen LogP contribution in [0.1, 0.15) is 46.0 Å². The van der Waals surface area contributed by atoms with E-state index in [-0.39, 0.29) is 35.8 Å². The van der Waals surface area contributed by atoms with E-state index in [1.165, 1.54) is 4.90 Å². The smallest absolute Gasteiger partial charge is 0.310 e. The number of halogens is 1. The minimum absolute atomic E-state index is 0.00879. The van der Waals surface area contributed by atoms with Crippen LogP contribution in [-0.2, 0) is 19.1 Å². The van der Waals surface area contributed by atoms with E-state index >= 15 is 0 Å². The normalized spacial score (nSPS) is 34.6. The van der Waals surface area contributed by atoms with Crippen LogP contribution in [0.5, 0.6) is 0 Å². The van der Waals surface area contributed by atoms with Gasteiger partial charge >= 0.3 is 5.97 Å². The third kappa shape index (κ3) is 3.93. The van der Waals surface area contributed by atoms with Crippen molar-refractivity contribution in [2.24, 2.45) is 11.8 Å². The summed E-state index contributed by atoms with van der Waals surface area (Å²) >= 11 is 3.54. The summed E-state index contributed by atoms with van der Waals surface area (Å²) in [4.78, 5) is 42.5. The topological polar surface area (TPSA) is 107 Å². The molecule has 0 aromatic carbocycles. The van der Waals surface area contributed by atoms with Gasteiger partial charge in [0.15, 0.2) is 0 Å². The maximum absolute atomic E-state index is 13.9. The van der Waals surface area contributed by atoms with Crippen LogP contribution in [0.15, 0.2) is 12.7 Å². The van der Waals surface area contributed by atoms with Crippen LogP contribution in [0.25, 0.3) is 0 Å². The molecule has 0 saturated carbocycles. The van der Waals surface area contributed by atoms with E-state index in [4.69, 9.17) is 4.74 Å². The van der Waals surface area contributed by atoms with Crippen molar-refractivity contribution in [3.8, 4) is 0 Å². The predicted octanol–water partition coefficient (Wildman–Crippen LogP) is 1.79. The second-order valence-corrected chi connectivity index (χ2v) is 10.1. The molecular formula is C22H33BrN2O6. The van der Waals surface area contributed by atoms with Crippen molar-refractivity contribution in [1.82, 2.24) is 9.80 Å². The number of carboxylic acids is 1. The molecule has 0 aromatic heterocycles. The Morgan fingerprint density at radius 1 is 1.45 bits per heavy atom. The molecule has 2 N–H and O–H groups in total. The first-order chi connectivity index (χ1) is 14.7. The summed E-state index contributed by atoms with van der Waals surface area (Å²) in [5.74, 6) is -3.47. The van der Waals surface area contributed by atoms with Crippen molar-refractivity contribution in [1.29, 1.82) is 0 Å². The number of carbonyl (C=O) groups excluding carboxylic acids is 2. The number of aliphatic carboxylic acids is 1. The molecule has 7 atom stereocenters. The number of hydrogen-bond donors (Lipinski definition) is 2. The lowest BCUT2D eigenvalue weighted by atomic mass is 9.70. The number of aliphatic hydroxyl groups is 1. The fourth-order valence-electron chi connectivity index (χ4n) is 5.68. The average Bonchev–Trinajstić information content (AvgIpc) is 3.30. The zero-order valence-electron chi connectivity index (χ0n) is 18.2. The number of unbranched alkanes of at least 4 members (excludes halogenated alkanes) is 1. The fraction of sp³-hybridized carbons (Fsp3) is 0.773. The number of hydrogen-bond acceptors (Lipinski definition) is 5. The summed E-state index contributed by atoms with van der Waals surface area (Å²) in [7, 11) is 0. The molecule has 3 rings (SSSR count).